The third-order valence-corrected chi connectivity index (χ3v) is 4.26. The van der Waals surface area contributed by atoms with Crippen molar-refractivity contribution in [2.24, 2.45) is 0 Å². The lowest BCUT2D eigenvalue weighted by Gasteiger charge is -2.36. The van der Waals surface area contributed by atoms with Crippen LogP contribution in [0.25, 0.3) is 0 Å². The molecule has 1 fully saturated rings. The molecule has 0 bridgehead atoms. The summed E-state index contributed by atoms with van der Waals surface area (Å²) in [6.45, 7) is 5.48. The number of rotatable bonds is 2. The maximum absolute atomic E-state index is 6.30. The van der Waals surface area contributed by atoms with Gasteiger partial charge in [-0.1, -0.05) is 23.7 Å². The van der Waals surface area contributed by atoms with Crippen molar-refractivity contribution in [2.45, 2.75) is 38.8 Å². The molecule has 17 heavy (non-hydrogen) atoms. The summed E-state index contributed by atoms with van der Waals surface area (Å²) in [6, 6.07) is 7.36. The number of nitrogens with one attached hydrogen (secondary N) is 1. The van der Waals surface area contributed by atoms with Crippen molar-refractivity contribution in [2.75, 3.05) is 18.9 Å². The predicted octanol–water partition coefficient (Wildman–Crippen LogP) is 3.54. The molecular weight excluding hydrogens is 232 g/mol. The molecule has 2 unspecified atom stereocenters. The number of benzene rings is 1. The van der Waals surface area contributed by atoms with Gasteiger partial charge in [0.05, 0.1) is 10.7 Å². The van der Waals surface area contributed by atoms with Gasteiger partial charge in [-0.3, -0.25) is 0 Å². The number of nitrogens with zero attached hydrogens (tertiary/aromatic N) is 1. The van der Waals surface area contributed by atoms with Gasteiger partial charge in [0.15, 0.2) is 0 Å². The van der Waals surface area contributed by atoms with E-state index in [4.69, 9.17) is 11.6 Å². The molecule has 0 spiro atoms. The van der Waals surface area contributed by atoms with Gasteiger partial charge in [0, 0.05) is 18.6 Å². The van der Waals surface area contributed by atoms with Crippen LogP contribution in [0.2, 0.25) is 5.02 Å². The van der Waals surface area contributed by atoms with Crippen LogP contribution in [0.5, 0.6) is 0 Å². The van der Waals surface area contributed by atoms with Crippen LogP contribution < -0.4 is 5.32 Å². The number of hydrogen-bond acceptors (Lipinski definition) is 2. The molecule has 1 aliphatic rings. The van der Waals surface area contributed by atoms with Gasteiger partial charge in [-0.05, 0) is 45.4 Å². The van der Waals surface area contributed by atoms with E-state index in [0.29, 0.717) is 12.1 Å². The Morgan fingerprint density at radius 3 is 2.88 bits per heavy atom. The van der Waals surface area contributed by atoms with Crippen molar-refractivity contribution >= 4 is 17.3 Å². The first-order valence-electron chi connectivity index (χ1n) is 6.30. The fourth-order valence-corrected chi connectivity index (χ4v) is 2.58. The third kappa shape index (κ3) is 2.93. The minimum Gasteiger partial charge on any atom is -0.381 e. The summed E-state index contributed by atoms with van der Waals surface area (Å²) in [5.74, 6) is 0. The summed E-state index contributed by atoms with van der Waals surface area (Å²) < 4.78 is 0. The highest BCUT2D eigenvalue weighted by Gasteiger charge is 2.22. The monoisotopic (exact) mass is 252 g/mol. The molecule has 2 atom stereocenters. The average Bonchev–Trinajstić information content (AvgIpc) is 2.30. The van der Waals surface area contributed by atoms with E-state index < -0.39 is 0 Å². The summed E-state index contributed by atoms with van der Waals surface area (Å²) >= 11 is 6.30. The molecule has 1 saturated heterocycles. The maximum Gasteiger partial charge on any atom is 0.0666 e. The second-order valence-corrected chi connectivity index (χ2v) is 5.51. The summed E-state index contributed by atoms with van der Waals surface area (Å²) in [6.07, 6.45) is 2.37. The minimum absolute atomic E-state index is 0.542. The van der Waals surface area contributed by atoms with Gasteiger partial charge in [0.2, 0.25) is 0 Å². The van der Waals surface area contributed by atoms with Crippen LogP contribution in [0.4, 0.5) is 5.69 Å². The Morgan fingerprint density at radius 1 is 1.41 bits per heavy atom. The maximum atomic E-state index is 6.30. The van der Waals surface area contributed by atoms with Crippen molar-refractivity contribution in [3.8, 4) is 0 Å². The fraction of sp³-hybridized carbons (Fsp3) is 0.571. The molecule has 0 amide bonds. The van der Waals surface area contributed by atoms with Gasteiger partial charge < -0.3 is 10.2 Å². The molecule has 0 saturated carbocycles. The molecule has 0 radical (unpaired) electrons. The molecule has 1 aromatic rings. The Kier molecular flexibility index (Phi) is 3.95. The highest BCUT2D eigenvalue weighted by atomic mass is 35.5. The number of piperidine rings is 1. The fourth-order valence-electron chi connectivity index (χ4n) is 2.40. The zero-order valence-corrected chi connectivity index (χ0v) is 11.6. The first-order valence-corrected chi connectivity index (χ1v) is 6.67. The molecule has 0 aliphatic carbocycles. The van der Waals surface area contributed by atoms with E-state index in [1.54, 1.807) is 0 Å². The zero-order chi connectivity index (χ0) is 12.4. The largest absolute Gasteiger partial charge is 0.381 e. The molecule has 0 aromatic heterocycles. The first kappa shape index (κ1) is 12.7. The summed E-state index contributed by atoms with van der Waals surface area (Å²) in [5, 5.41) is 4.44. The van der Waals surface area contributed by atoms with Crippen LogP contribution in [-0.2, 0) is 0 Å². The minimum atomic E-state index is 0.542. The van der Waals surface area contributed by atoms with E-state index >= 15 is 0 Å². The normalized spacial score (nSPS) is 25.9. The molecule has 3 heteroatoms. The standard InChI is InChI=1S/C14H21ClN2/c1-10-5-4-6-13(14(10)15)16-12-7-8-17(3)11(2)9-12/h4-6,11-12,16H,7-9H2,1-3H3. The highest BCUT2D eigenvalue weighted by Crippen LogP contribution is 2.28. The van der Waals surface area contributed by atoms with E-state index in [9.17, 15) is 0 Å². The van der Waals surface area contributed by atoms with Crippen LogP contribution in [-0.4, -0.2) is 30.6 Å². The van der Waals surface area contributed by atoms with Gasteiger partial charge in [-0.15, -0.1) is 0 Å². The average molecular weight is 253 g/mol. The Hall–Kier alpha value is -0.730. The number of anilines is 1. The topological polar surface area (TPSA) is 15.3 Å². The molecule has 1 aliphatic heterocycles. The lowest BCUT2D eigenvalue weighted by Crippen LogP contribution is -2.42. The van der Waals surface area contributed by atoms with Crippen LogP contribution >= 0.6 is 11.6 Å². The molecule has 1 aromatic carbocycles. The zero-order valence-electron chi connectivity index (χ0n) is 10.8. The Balaban J connectivity index is 2.04. The molecule has 1 heterocycles. The molecule has 2 rings (SSSR count). The molecule has 94 valence electrons. The first-order chi connectivity index (χ1) is 8.08. The second-order valence-electron chi connectivity index (χ2n) is 5.13. The van der Waals surface area contributed by atoms with Gasteiger partial charge >= 0.3 is 0 Å². The summed E-state index contributed by atoms with van der Waals surface area (Å²) in [5.41, 5.74) is 2.21. The van der Waals surface area contributed by atoms with Crippen molar-refractivity contribution in [1.29, 1.82) is 0 Å². The van der Waals surface area contributed by atoms with Crippen LogP contribution in [0, 0.1) is 6.92 Å². The third-order valence-electron chi connectivity index (χ3n) is 3.76. The second kappa shape index (κ2) is 5.28. The summed E-state index contributed by atoms with van der Waals surface area (Å²) in [7, 11) is 2.19. The van der Waals surface area contributed by atoms with Crippen LogP contribution in [0.3, 0.4) is 0 Å². The van der Waals surface area contributed by atoms with E-state index in [1.807, 2.05) is 13.0 Å². The van der Waals surface area contributed by atoms with Crippen molar-refractivity contribution in [1.82, 2.24) is 4.90 Å². The van der Waals surface area contributed by atoms with Gasteiger partial charge in [-0.25, -0.2) is 0 Å². The van der Waals surface area contributed by atoms with Crippen molar-refractivity contribution < 1.29 is 0 Å². The predicted molar refractivity (Wildman–Crippen MR) is 74.9 cm³/mol. The highest BCUT2D eigenvalue weighted by molar-refractivity contribution is 6.34. The smallest absolute Gasteiger partial charge is 0.0666 e. The van der Waals surface area contributed by atoms with Gasteiger partial charge in [0.25, 0.3) is 0 Å². The Morgan fingerprint density at radius 2 is 2.18 bits per heavy atom. The lowest BCUT2D eigenvalue weighted by molar-refractivity contribution is 0.190. The quantitative estimate of drug-likeness (QED) is 0.866. The van der Waals surface area contributed by atoms with E-state index in [-0.39, 0.29) is 0 Å². The van der Waals surface area contributed by atoms with Crippen molar-refractivity contribution in [3.63, 3.8) is 0 Å². The number of hydrogen-bond donors (Lipinski definition) is 1. The molecule has 2 nitrogen and oxygen atoms in total. The van der Waals surface area contributed by atoms with Gasteiger partial charge in [0.1, 0.15) is 0 Å². The van der Waals surface area contributed by atoms with E-state index in [2.05, 4.69) is 36.3 Å². The lowest BCUT2D eigenvalue weighted by atomic mass is 9.98. The van der Waals surface area contributed by atoms with Crippen molar-refractivity contribution in [3.05, 3.63) is 28.8 Å². The SMILES string of the molecule is Cc1cccc(NC2CCN(C)C(C)C2)c1Cl. The van der Waals surface area contributed by atoms with Crippen LogP contribution in [0.1, 0.15) is 25.3 Å². The Bertz CT molecular complexity index is 392. The van der Waals surface area contributed by atoms with E-state index in [1.165, 1.54) is 12.8 Å². The summed E-state index contributed by atoms with van der Waals surface area (Å²) in [4.78, 5) is 2.41. The Labute approximate surface area is 109 Å². The number of aryl methyl sites for hydroxylation is 1. The number of halogens is 1. The molecule has 1 N–H and O–H groups in total. The number of likely N-dealkylation sites (tertiary alicyclic amines) is 1. The van der Waals surface area contributed by atoms with E-state index in [0.717, 1.165) is 22.8 Å². The molecular formula is C14H21ClN2. The van der Waals surface area contributed by atoms with Crippen LogP contribution in [0.15, 0.2) is 18.2 Å². The van der Waals surface area contributed by atoms with Gasteiger partial charge in [-0.2, -0.15) is 0 Å².